The Hall–Kier alpha value is -2.20. The molecule has 1 amide bonds. The Balaban J connectivity index is 1.38. The smallest absolute Gasteiger partial charge is 0.226 e. The minimum Gasteiger partial charge on any atom is -0.504 e. The molecule has 4 bridgehead atoms. The second-order valence-corrected chi connectivity index (χ2v) is 9.97. The maximum Gasteiger partial charge on any atom is 0.226 e. The minimum atomic E-state index is -0.303. The monoisotopic (exact) mass is 411 g/mol. The first kappa shape index (κ1) is 18.8. The normalized spacial score (nSPS) is 32.3. The van der Waals surface area contributed by atoms with Gasteiger partial charge in [-0.1, -0.05) is 29.8 Å². The van der Waals surface area contributed by atoms with Crippen molar-refractivity contribution in [3.8, 4) is 11.5 Å². The Kier molecular flexibility index (Phi) is 4.32. The van der Waals surface area contributed by atoms with Gasteiger partial charge in [-0.15, -0.1) is 0 Å². The third-order valence-electron chi connectivity index (χ3n) is 7.49. The third-order valence-corrected chi connectivity index (χ3v) is 7.74. The average molecular weight is 412 g/mol. The Morgan fingerprint density at radius 3 is 2.34 bits per heavy atom. The van der Waals surface area contributed by atoms with Gasteiger partial charge in [0, 0.05) is 11.6 Å². The van der Waals surface area contributed by atoms with E-state index < -0.39 is 0 Å². The maximum atomic E-state index is 13.4. The van der Waals surface area contributed by atoms with E-state index in [2.05, 4.69) is 17.4 Å². The van der Waals surface area contributed by atoms with Crippen molar-refractivity contribution in [3.63, 3.8) is 0 Å². The number of halogens is 1. The Labute approximate surface area is 175 Å². The molecule has 4 aliphatic carbocycles. The highest BCUT2D eigenvalue weighted by molar-refractivity contribution is 6.30. The van der Waals surface area contributed by atoms with Crippen LogP contribution >= 0.6 is 11.6 Å². The highest BCUT2D eigenvalue weighted by atomic mass is 35.5. The number of rotatable bonds is 4. The number of amides is 1. The largest absolute Gasteiger partial charge is 0.504 e. The number of carbonyl (C=O) groups is 1. The third kappa shape index (κ3) is 3.18. The molecule has 5 heteroatoms. The molecule has 2 aromatic rings. The van der Waals surface area contributed by atoms with E-state index in [0.717, 1.165) is 29.8 Å². The first-order valence-electron chi connectivity index (χ1n) is 10.4. The van der Waals surface area contributed by atoms with Crippen LogP contribution in [0.4, 0.5) is 0 Å². The molecule has 2 unspecified atom stereocenters. The average Bonchev–Trinajstić information content (AvgIpc) is 2.68. The van der Waals surface area contributed by atoms with Gasteiger partial charge in [0.15, 0.2) is 11.5 Å². The molecule has 4 nitrogen and oxygen atoms in total. The molecule has 4 fully saturated rings. The van der Waals surface area contributed by atoms with E-state index in [0.29, 0.717) is 18.4 Å². The summed E-state index contributed by atoms with van der Waals surface area (Å²) in [7, 11) is 0. The summed E-state index contributed by atoms with van der Waals surface area (Å²) in [5.41, 5.74) is 1.90. The van der Waals surface area contributed by atoms with Gasteiger partial charge in [0.2, 0.25) is 5.91 Å². The highest BCUT2D eigenvalue weighted by Crippen LogP contribution is 2.65. The molecule has 4 atom stereocenters. The van der Waals surface area contributed by atoms with Crippen molar-refractivity contribution in [2.45, 2.75) is 50.5 Å². The summed E-state index contributed by atoms with van der Waals surface area (Å²) in [6, 6.07) is 12.9. The van der Waals surface area contributed by atoms with Crippen LogP contribution in [0, 0.1) is 17.3 Å². The van der Waals surface area contributed by atoms with Crippen LogP contribution in [0.25, 0.3) is 0 Å². The van der Waals surface area contributed by atoms with Gasteiger partial charge in [-0.2, -0.15) is 0 Å². The fraction of sp³-hybridized carbons (Fsp3) is 0.458. The van der Waals surface area contributed by atoms with Crippen LogP contribution in [0.1, 0.15) is 49.7 Å². The minimum absolute atomic E-state index is 0.0861. The standard InChI is InChI=1S/C24H26ClNO3/c25-19-4-2-18(3-5-19)23-9-16-7-17(10-23)12-24(11-16,14-23)22(29)26-13-15-1-6-20(27)21(28)8-15/h1-6,8,16-17,27-28H,7,9-14H2,(H,26,29)/t16-,17+,23?,24?. The van der Waals surface area contributed by atoms with Crippen LogP contribution in [0.5, 0.6) is 11.5 Å². The second kappa shape index (κ2) is 6.66. The van der Waals surface area contributed by atoms with Crippen LogP contribution in [0.2, 0.25) is 5.02 Å². The predicted molar refractivity (Wildman–Crippen MR) is 112 cm³/mol. The molecule has 0 radical (unpaired) electrons. The van der Waals surface area contributed by atoms with E-state index in [9.17, 15) is 15.0 Å². The van der Waals surface area contributed by atoms with Crippen LogP contribution in [0.3, 0.4) is 0 Å². The summed E-state index contributed by atoms with van der Waals surface area (Å²) in [5, 5.41) is 23.1. The molecular weight excluding hydrogens is 386 g/mol. The molecule has 29 heavy (non-hydrogen) atoms. The van der Waals surface area contributed by atoms with E-state index in [-0.39, 0.29) is 28.2 Å². The molecule has 0 aliphatic heterocycles. The molecule has 6 rings (SSSR count). The van der Waals surface area contributed by atoms with E-state index in [1.54, 1.807) is 6.07 Å². The zero-order chi connectivity index (χ0) is 20.2. The van der Waals surface area contributed by atoms with Gasteiger partial charge in [-0.25, -0.2) is 0 Å². The van der Waals surface area contributed by atoms with Crippen LogP contribution < -0.4 is 5.32 Å². The SMILES string of the molecule is O=C(NCc1ccc(O)c(O)c1)C12C[C@H]3C[C@@H](C1)CC(c1ccc(Cl)cc1)(C3)C2. The summed E-state index contributed by atoms with van der Waals surface area (Å²) in [4.78, 5) is 13.4. The number of hydrogen-bond acceptors (Lipinski definition) is 3. The van der Waals surface area contributed by atoms with Crippen LogP contribution in [-0.4, -0.2) is 16.1 Å². The van der Waals surface area contributed by atoms with Crippen molar-refractivity contribution >= 4 is 17.5 Å². The first-order chi connectivity index (χ1) is 13.9. The molecule has 2 aromatic carbocycles. The number of nitrogens with one attached hydrogen (secondary N) is 1. The van der Waals surface area contributed by atoms with Crippen molar-refractivity contribution in [3.05, 3.63) is 58.6 Å². The summed E-state index contributed by atoms with van der Waals surface area (Å²) in [5.74, 6) is 1.04. The molecule has 0 heterocycles. The quantitative estimate of drug-likeness (QED) is 0.626. The summed E-state index contributed by atoms with van der Waals surface area (Å²) in [6.45, 7) is 0.359. The molecule has 0 spiro atoms. The molecule has 3 N–H and O–H groups in total. The number of phenols is 2. The summed E-state index contributed by atoms with van der Waals surface area (Å²) < 4.78 is 0. The maximum absolute atomic E-state index is 13.4. The van der Waals surface area contributed by atoms with Crippen molar-refractivity contribution in [2.24, 2.45) is 17.3 Å². The van der Waals surface area contributed by atoms with Gasteiger partial charge in [-0.05, 0) is 91.2 Å². The Morgan fingerprint density at radius 1 is 1.00 bits per heavy atom. The Bertz CT molecular complexity index is 941. The van der Waals surface area contributed by atoms with Gasteiger partial charge >= 0.3 is 0 Å². The second-order valence-electron chi connectivity index (χ2n) is 9.53. The topological polar surface area (TPSA) is 69.6 Å². The predicted octanol–water partition coefficient (Wildman–Crippen LogP) is 4.91. The first-order valence-corrected chi connectivity index (χ1v) is 10.8. The van der Waals surface area contributed by atoms with E-state index in [1.165, 1.54) is 37.0 Å². The Morgan fingerprint density at radius 2 is 1.69 bits per heavy atom. The number of phenolic OH excluding ortho intramolecular Hbond substituents is 2. The zero-order valence-corrected chi connectivity index (χ0v) is 17.1. The molecular formula is C24H26ClNO3. The zero-order valence-electron chi connectivity index (χ0n) is 16.3. The van der Waals surface area contributed by atoms with Crippen molar-refractivity contribution in [1.82, 2.24) is 5.32 Å². The summed E-state index contributed by atoms with van der Waals surface area (Å²) in [6.07, 6.45) is 6.45. The van der Waals surface area contributed by atoms with Crippen LogP contribution in [0.15, 0.2) is 42.5 Å². The number of aromatic hydroxyl groups is 2. The lowest BCUT2D eigenvalue weighted by Crippen LogP contribution is -2.59. The van der Waals surface area contributed by atoms with E-state index >= 15 is 0 Å². The van der Waals surface area contributed by atoms with Crippen molar-refractivity contribution in [2.75, 3.05) is 0 Å². The molecule has 0 saturated heterocycles. The fourth-order valence-electron chi connectivity index (χ4n) is 6.72. The number of hydrogen-bond donors (Lipinski definition) is 3. The van der Waals surface area contributed by atoms with Gasteiger partial charge < -0.3 is 15.5 Å². The molecule has 4 aliphatic rings. The van der Waals surface area contributed by atoms with Gasteiger partial charge in [0.1, 0.15) is 0 Å². The lowest BCUT2D eigenvalue weighted by atomic mass is 9.42. The number of benzene rings is 2. The lowest BCUT2D eigenvalue weighted by molar-refractivity contribution is -0.149. The molecule has 152 valence electrons. The molecule has 0 aromatic heterocycles. The van der Waals surface area contributed by atoms with E-state index in [4.69, 9.17) is 11.6 Å². The fourth-order valence-corrected chi connectivity index (χ4v) is 6.84. The molecule has 4 saturated carbocycles. The van der Waals surface area contributed by atoms with Gasteiger partial charge in [0.05, 0.1) is 5.41 Å². The van der Waals surface area contributed by atoms with Crippen molar-refractivity contribution < 1.29 is 15.0 Å². The number of carbonyl (C=O) groups excluding carboxylic acids is 1. The van der Waals surface area contributed by atoms with Crippen molar-refractivity contribution in [1.29, 1.82) is 0 Å². The highest BCUT2D eigenvalue weighted by Gasteiger charge is 2.60. The van der Waals surface area contributed by atoms with E-state index in [1.807, 2.05) is 12.1 Å². The lowest BCUT2D eigenvalue weighted by Gasteiger charge is -2.61. The van der Waals surface area contributed by atoms with Gasteiger partial charge in [0.25, 0.3) is 0 Å². The van der Waals surface area contributed by atoms with Crippen LogP contribution in [-0.2, 0) is 16.8 Å². The van der Waals surface area contributed by atoms with Gasteiger partial charge in [-0.3, -0.25) is 4.79 Å². The summed E-state index contributed by atoms with van der Waals surface area (Å²) >= 11 is 6.12.